The first-order chi connectivity index (χ1) is 13.4. The van der Waals surface area contributed by atoms with Gasteiger partial charge in [-0.25, -0.2) is 0 Å². The van der Waals surface area contributed by atoms with Gasteiger partial charge in [0.1, 0.15) is 12.1 Å². The second kappa shape index (κ2) is 8.13. The second-order valence-corrected chi connectivity index (χ2v) is 6.90. The molecule has 0 fully saturated rings. The highest BCUT2D eigenvalue weighted by molar-refractivity contribution is 7.16. The maximum atomic E-state index is 12.7. The molecule has 0 radical (unpaired) electrons. The van der Waals surface area contributed by atoms with Crippen LogP contribution in [0, 0.1) is 10.1 Å². The van der Waals surface area contributed by atoms with Gasteiger partial charge in [-0.15, -0.1) is 0 Å². The summed E-state index contributed by atoms with van der Waals surface area (Å²) in [5.74, 6) is -1.23. The molecular weight excluding hydrogens is 382 g/mol. The summed E-state index contributed by atoms with van der Waals surface area (Å²) in [6, 6.07) is 11.4. The number of nitrogens with zero attached hydrogens (tertiary/aromatic N) is 3. The van der Waals surface area contributed by atoms with E-state index >= 15 is 0 Å². The molecule has 1 aromatic heterocycles. The number of fused-ring (bicyclic) bond motifs is 1. The fourth-order valence-corrected chi connectivity index (χ4v) is 3.82. The number of hydrogen-bond donors (Lipinski definition) is 0. The number of amides is 1. The molecule has 28 heavy (non-hydrogen) atoms. The Labute approximate surface area is 163 Å². The van der Waals surface area contributed by atoms with Crippen molar-refractivity contribution in [3.05, 3.63) is 68.5 Å². The third-order valence-corrected chi connectivity index (χ3v) is 5.24. The zero-order valence-corrected chi connectivity index (χ0v) is 16.1. The standard InChI is InChI=1S/C19H17N3O5S/c1-3-12-8-9-15-16(10-12)28-19(21(15)11-17(23)27-2)20-18(24)13-6-4-5-7-14(13)22(25)26/h4-10H,3,11H2,1-2H3. The number of hydrogen-bond acceptors (Lipinski definition) is 6. The van der Waals surface area contributed by atoms with Crippen LogP contribution in [0.1, 0.15) is 22.8 Å². The van der Waals surface area contributed by atoms with Crippen molar-refractivity contribution in [2.24, 2.45) is 4.99 Å². The fraction of sp³-hybridized carbons (Fsp3) is 0.211. The highest BCUT2D eigenvalue weighted by atomic mass is 32.1. The van der Waals surface area contributed by atoms with Crippen LogP contribution < -0.4 is 4.80 Å². The molecule has 0 unspecified atom stereocenters. The Kier molecular flexibility index (Phi) is 5.65. The number of esters is 1. The number of benzene rings is 2. The second-order valence-electron chi connectivity index (χ2n) is 5.89. The van der Waals surface area contributed by atoms with Gasteiger partial charge in [0.05, 0.1) is 22.2 Å². The number of aryl methyl sites for hydroxylation is 1. The number of carbonyl (C=O) groups is 2. The minimum Gasteiger partial charge on any atom is -0.468 e. The molecule has 0 N–H and O–H groups in total. The number of methoxy groups -OCH3 is 1. The summed E-state index contributed by atoms with van der Waals surface area (Å²) < 4.78 is 7.18. The first-order valence-corrected chi connectivity index (χ1v) is 9.27. The Bertz CT molecular complexity index is 1150. The summed E-state index contributed by atoms with van der Waals surface area (Å²) >= 11 is 1.24. The van der Waals surface area contributed by atoms with E-state index in [-0.39, 0.29) is 22.6 Å². The summed E-state index contributed by atoms with van der Waals surface area (Å²) in [6.07, 6.45) is 0.840. The van der Waals surface area contributed by atoms with Crippen LogP contribution in [0.2, 0.25) is 0 Å². The summed E-state index contributed by atoms with van der Waals surface area (Å²) in [5.41, 5.74) is 1.42. The van der Waals surface area contributed by atoms with Gasteiger partial charge in [0.2, 0.25) is 0 Å². The lowest BCUT2D eigenvalue weighted by molar-refractivity contribution is -0.385. The summed E-state index contributed by atoms with van der Waals surface area (Å²) in [4.78, 5) is 39.4. The molecule has 144 valence electrons. The SMILES string of the molecule is CCc1ccc2c(c1)sc(=NC(=O)c1ccccc1[N+](=O)[O-])n2CC(=O)OC. The van der Waals surface area contributed by atoms with Crippen molar-refractivity contribution in [1.82, 2.24) is 4.57 Å². The van der Waals surface area contributed by atoms with Crippen LogP contribution in [0.4, 0.5) is 5.69 Å². The zero-order valence-electron chi connectivity index (χ0n) is 15.2. The Balaban J connectivity index is 2.18. The molecule has 2 aromatic carbocycles. The molecule has 3 aromatic rings. The van der Waals surface area contributed by atoms with E-state index in [2.05, 4.69) is 4.99 Å². The van der Waals surface area contributed by atoms with Gasteiger partial charge < -0.3 is 9.30 Å². The molecule has 0 aliphatic carbocycles. The highest BCUT2D eigenvalue weighted by Crippen LogP contribution is 2.21. The van der Waals surface area contributed by atoms with Gasteiger partial charge in [-0.05, 0) is 30.2 Å². The van der Waals surface area contributed by atoms with Gasteiger partial charge in [0.15, 0.2) is 4.80 Å². The van der Waals surface area contributed by atoms with Crippen molar-refractivity contribution in [2.45, 2.75) is 19.9 Å². The van der Waals surface area contributed by atoms with Crippen molar-refractivity contribution in [3.63, 3.8) is 0 Å². The van der Waals surface area contributed by atoms with Crippen LogP contribution >= 0.6 is 11.3 Å². The Morgan fingerprint density at radius 2 is 2.00 bits per heavy atom. The zero-order chi connectivity index (χ0) is 20.3. The Morgan fingerprint density at radius 3 is 2.68 bits per heavy atom. The molecule has 0 bridgehead atoms. The number of thiazole rings is 1. The van der Waals surface area contributed by atoms with Crippen LogP contribution in [-0.2, 0) is 22.5 Å². The van der Waals surface area contributed by atoms with Crippen LogP contribution in [0.15, 0.2) is 47.5 Å². The van der Waals surface area contributed by atoms with Crippen molar-refractivity contribution in [1.29, 1.82) is 0 Å². The van der Waals surface area contributed by atoms with Gasteiger partial charge in [0, 0.05) is 6.07 Å². The number of ether oxygens (including phenoxy) is 1. The van der Waals surface area contributed by atoms with E-state index in [1.807, 2.05) is 25.1 Å². The van der Waals surface area contributed by atoms with Crippen molar-refractivity contribution >= 4 is 39.1 Å². The van der Waals surface area contributed by atoms with E-state index in [9.17, 15) is 19.7 Å². The molecule has 9 heteroatoms. The number of rotatable bonds is 5. The first kappa shape index (κ1) is 19.4. The molecule has 0 saturated heterocycles. The van der Waals surface area contributed by atoms with E-state index in [0.717, 1.165) is 22.2 Å². The number of carbonyl (C=O) groups excluding carboxylic acids is 2. The lowest BCUT2D eigenvalue weighted by Gasteiger charge is -2.04. The molecule has 1 amide bonds. The predicted octanol–water partition coefficient (Wildman–Crippen LogP) is 3.09. The molecule has 0 spiro atoms. The van der Waals surface area contributed by atoms with E-state index in [0.29, 0.717) is 0 Å². The van der Waals surface area contributed by atoms with Crippen molar-refractivity contribution < 1.29 is 19.2 Å². The van der Waals surface area contributed by atoms with E-state index in [1.165, 1.54) is 42.7 Å². The first-order valence-electron chi connectivity index (χ1n) is 8.46. The number of aromatic nitrogens is 1. The molecule has 1 heterocycles. The lowest BCUT2D eigenvalue weighted by Crippen LogP contribution is -2.22. The Morgan fingerprint density at radius 1 is 1.25 bits per heavy atom. The molecule has 0 aliphatic rings. The largest absolute Gasteiger partial charge is 0.468 e. The molecule has 3 rings (SSSR count). The third-order valence-electron chi connectivity index (χ3n) is 4.20. The van der Waals surface area contributed by atoms with Crippen LogP contribution in [0.25, 0.3) is 10.2 Å². The summed E-state index contributed by atoms with van der Waals surface area (Å²) in [6.45, 7) is 1.91. The third kappa shape index (κ3) is 3.84. The quantitative estimate of drug-likeness (QED) is 0.372. The molecule has 0 aliphatic heterocycles. The summed E-state index contributed by atoms with van der Waals surface area (Å²) in [7, 11) is 1.28. The predicted molar refractivity (Wildman–Crippen MR) is 104 cm³/mol. The molecule has 0 atom stereocenters. The maximum absolute atomic E-state index is 12.7. The lowest BCUT2D eigenvalue weighted by atomic mass is 10.1. The van der Waals surface area contributed by atoms with E-state index in [1.54, 1.807) is 4.57 Å². The van der Waals surface area contributed by atoms with E-state index < -0.39 is 16.8 Å². The topological polar surface area (TPSA) is 104 Å². The smallest absolute Gasteiger partial charge is 0.325 e. The van der Waals surface area contributed by atoms with Crippen LogP contribution in [0.3, 0.4) is 0 Å². The minimum absolute atomic E-state index is 0.108. The Hall–Kier alpha value is -3.33. The molecule has 8 nitrogen and oxygen atoms in total. The van der Waals surface area contributed by atoms with E-state index in [4.69, 9.17) is 4.74 Å². The monoisotopic (exact) mass is 399 g/mol. The average Bonchev–Trinajstić information content (AvgIpc) is 3.03. The van der Waals surface area contributed by atoms with Crippen molar-refractivity contribution in [3.8, 4) is 0 Å². The van der Waals surface area contributed by atoms with Gasteiger partial charge in [-0.1, -0.05) is 36.5 Å². The number of nitro groups is 1. The van der Waals surface area contributed by atoms with Gasteiger partial charge in [0.25, 0.3) is 11.6 Å². The van der Waals surface area contributed by atoms with Crippen molar-refractivity contribution in [2.75, 3.05) is 7.11 Å². The summed E-state index contributed by atoms with van der Waals surface area (Å²) in [5, 5.41) is 11.2. The van der Waals surface area contributed by atoms with Gasteiger partial charge in [-0.3, -0.25) is 19.7 Å². The highest BCUT2D eigenvalue weighted by Gasteiger charge is 2.20. The maximum Gasteiger partial charge on any atom is 0.325 e. The van der Waals surface area contributed by atoms with Gasteiger partial charge in [-0.2, -0.15) is 4.99 Å². The average molecular weight is 399 g/mol. The number of nitro benzene ring substituents is 1. The van der Waals surface area contributed by atoms with Crippen LogP contribution in [0.5, 0.6) is 0 Å². The fourth-order valence-electron chi connectivity index (χ4n) is 2.73. The minimum atomic E-state index is -0.742. The van der Waals surface area contributed by atoms with Crippen LogP contribution in [-0.4, -0.2) is 28.5 Å². The normalized spacial score (nSPS) is 11.6. The molecular formula is C19H17N3O5S. The molecule has 0 saturated carbocycles. The van der Waals surface area contributed by atoms with Gasteiger partial charge >= 0.3 is 5.97 Å². The number of para-hydroxylation sites is 1.